The summed E-state index contributed by atoms with van der Waals surface area (Å²) in [5, 5.41) is 17.5. The van der Waals surface area contributed by atoms with Crippen LogP contribution in [0.3, 0.4) is 0 Å². The molecule has 8 heteroatoms. The molecule has 0 aliphatic carbocycles. The molecule has 1 aromatic carbocycles. The third-order valence-electron chi connectivity index (χ3n) is 4.97. The van der Waals surface area contributed by atoms with E-state index in [-0.39, 0.29) is 11.8 Å². The van der Waals surface area contributed by atoms with Crippen LogP contribution < -0.4 is 15.2 Å². The summed E-state index contributed by atoms with van der Waals surface area (Å²) in [5.74, 6) is 1.00. The number of nitriles is 1. The van der Waals surface area contributed by atoms with E-state index >= 15 is 0 Å². The SMILES string of the molecule is Cc1cc(Cl)ccc1OCc1cc(C2C(C#N)=C(N)Oc3n[nH]c(C)c32)sc1C. The molecular formula is C21H19ClN4O2S. The van der Waals surface area contributed by atoms with E-state index in [9.17, 15) is 5.26 Å². The smallest absolute Gasteiger partial charge is 0.244 e. The first-order valence-electron chi connectivity index (χ1n) is 8.99. The monoisotopic (exact) mass is 426 g/mol. The van der Waals surface area contributed by atoms with Gasteiger partial charge in [-0.3, -0.25) is 5.10 Å². The second-order valence-corrected chi connectivity index (χ2v) is 8.65. The number of nitrogens with one attached hydrogen (secondary N) is 1. The van der Waals surface area contributed by atoms with Crippen LogP contribution >= 0.6 is 22.9 Å². The molecule has 0 amide bonds. The number of ether oxygens (including phenoxy) is 2. The van der Waals surface area contributed by atoms with Gasteiger partial charge in [-0.1, -0.05) is 11.6 Å². The maximum atomic E-state index is 9.70. The lowest BCUT2D eigenvalue weighted by molar-refractivity contribution is 0.304. The molecule has 29 heavy (non-hydrogen) atoms. The Morgan fingerprint density at radius 1 is 1.34 bits per heavy atom. The predicted molar refractivity (Wildman–Crippen MR) is 112 cm³/mol. The number of allylic oxidation sites excluding steroid dienone is 1. The van der Waals surface area contributed by atoms with Gasteiger partial charge in [0.2, 0.25) is 11.8 Å². The van der Waals surface area contributed by atoms with Crippen LogP contribution in [-0.4, -0.2) is 10.2 Å². The topological polar surface area (TPSA) is 96.9 Å². The quantitative estimate of drug-likeness (QED) is 0.621. The van der Waals surface area contributed by atoms with Crippen molar-refractivity contribution in [2.45, 2.75) is 33.3 Å². The molecule has 0 radical (unpaired) electrons. The van der Waals surface area contributed by atoms with Crippen LogP contribution in [0.25, 0.3) is 0 Å². The predicted octanol–water partition coefficient (Wildman–Crippen LogP) is 4.85. The average molecular weight is 427 g/mol. The fourth-order valence-corrected chi connectivity index (χ4v) is 4.83. The summed E-state index contributed by atoms with van der Waals surface area (Å²) in [4.78, 5) is 2.12. The van der Waals surface area contributed by atoms with Gasteiger partial charge in [-0.05, 0) is 50.6 Å². The number of H-pyrrole nitrogens is 1. The van der Waals surface area contributed by atoms with Crippen molar-refractivity contribution in [3.63, 3.8) is 0 Å². The number of nitrogens with two attached hydrogens (primary N) is 1. The Morgan fingerprint density at radius 3 is 2.86 bits per heavy atom. The van der Waals surface area contributed by atoms with Gasteiger partial charge < -0.3 is 15.2 Å². The fraction of sp³-hybridized carbons (Fsp3) is 0.238. The second-order valence-electron chi connectivity index (χ2n) is 6.92. The molecule has 1 aliphatic rings. The highest BCUT2D eigenvalue weighted by Gasteiger charge is 2.35. The zero-order valence-corrected chi connectivity index (χ0v) is 17.7. The van der Waals surface area contributed by atoms with E-state index in [1.165, 1.54) is 0 Å². The summed E-state index contributed by atoms with van der Waals surface area (Å²) < 4.78 is 11.5. The van der Waals surface area contributed by atoms with Crippen molar-refractivity contribution in [3.05, 3.63) is 72.9 Å². The highest BCUT2D eigenvalue weighted by Crippen LogP contribution is 2.45. The maximum absolute atomic E-state index is 9.70. The second kappa shape index (κ2) is 7.47. The Kier molecular flexibility index (Phi) is 4.99. The maximum Gasteiger partial charge on any atom is 0.244 e. The number of halogens is 1. The summed E-state index contributed by atoms with van der Waals surface area (Å²) >= 11 is 7.64. The third-order valence-corrected chi connectivity index (χ3v) is 6.37. The van der Waals surface area contributed by atoms with Crippen LogP contribution in [0.15, 0.2) is 35.7 Å². The summed E-state index contributed by atoms with van der Waals surface area (Å²) in [7, 11) is 0. The Bertz CT molecular complexity index is 1170. The van der Waals surface area contributed by atoms with Gasteiger partial charge >= 0.3 is 0 Å². The lowest BCUT2D eigenvalue weighted by atomic mass is 9.88. The van der Waals surface area contributed by atoms with Crippen molar-refractivity contribution in [2.75, 3.05) is 0 Å². The van der Waals surface area contributed by atoms with Gasteiger partial charge in [0.25, 0.3) is 0 Å². The van der Waals surface area contributed by atoms with Crippen LogP contribution in [0.5, 0.6) is 11.6 Å². The first-order chi connectivity index (χ1) is 13.9. The van der Waals surface area contributed by atoms with Crippen LogP contribution in [0.1, 0.15) is 38.1 Å². The largest absolute Gasteiger partial charge is 0.489 e. The Labute approximate surface area is 177 Å². The van der Waals surface area contributed by atoms with Gasteiger partial charge in [0.15, 0.2) is 0 Å². The van der Waals surface area contributed by atoms with E-state index in [2.05, 4.69) is 22.3 Å². The summed E-state index contributed by atoms with van der Waals surface area (Å²) in [6, 6.07) is 9.84. The van der Waals surface area contributed by atoms with Crippen LogP contribution in [-0.2, 0) is 6.61 Å². The molecule has 4 rings (SSSR count). The molecule has 0 spiro atoms. The first kappa shape index (κ1) is 19.4. The number of aromatic nitrogens is 2. The lowest BCUT2D eigenvalue weighted by Crippen LogP contribution is -2.20. The third kappa shape index (κ3) is 3.46. The van der Waals surface area contributed by atoms with Gasteiger partial charge in [0.05, 0.1) is 11.5 Å². The normalized spacial score (nSPS) is 15.6. The minimum absolute atomic E-state index is 0.0946. The van der Waals surface area contributed by atoms with E-state index in [0.29, 0.717) is 23.1 Å². The van der Waals surface area contributed by atoms with Gasteiger partial charge in [0.1, 0.15) is 24.0 Å². The summed E-state index contributed by atoms with van der Waals surface area (Å²) in [6.45, 7) is 6.34. The van der Waals surface area contributed by atoms with Crippen LogP contribution in [0.2, 0.25) is 5.02 Å². The van der Waals surface area contributed by atoms with Crippen molar-refractivity contribution in [2.24, 2.45) is 5.73 Å². The van der Waals surface area contributed by atoms with Crippen LogP contribution in [0, 0.1) is 32.1 Å². The zero-order chi connectivity index (χ0) is 20.7. The van der Waals surface area contributed by atoms with E-state index in [0.717, 1.165) is 37.9 Å². The van der Waals surface area contributed by atoms with Crippen molar-refractivity contribution >= 4 is 22.9 Å². The standard InChI is InChI=1S/C21H19ClN4O2S/c1-10-6-14(22)4-5-16(10)27-9-13-7-17(29-12(13)3)19-15(8-23)20(24)28-21-18(19)11(2)25-26-21/h4-7,19H,9,24H2,1-3H3,(H,25,26). The minimum Gasteiger partial charge on any atom is -0.489 e. The molecule has 3 heterocycles. The van der Waals surface area contributed by atoms with E-state index in [1.54, 1.807) is 11.3 Å². The minimum atomic E-state index is -0.308. The number of benzene rings is 1. The molecule has 1 atom stereocenters. The van der Waals surface area contributed by atoms with Gasteiger partial charge in [-0.25, -0.2) is 0 Å². The van der Waals surface area contributed by atoms with Crippen molar-refractivity contribution in [1.29, 1.82) is 5.26 Å². The fourth-order valence-electron chi connectivity index (χ4n) is 3.44. The number of aromatic amines is 1. The number of rotatable bonds is 4. The number of hydrogen-bond donors (Lipinski definition) is 2. The van der Waals surface area contributed by atoms with Gasteiger partial charge in [-0.2, -0.15) is 5.26 Å². The number of nitrogens with zero attached hydrogens (tertiary/aromatic N) is 2. The molecule has 1 aliphatic heterocycles. The molecule has 2 aromatic heterocycles. The Hall–Kier alpha value is -2.95. The van der Waals surface area contributed by atoms with Gasteiger partial charge in [0, 0.05) is 26.0 Å². The van der Waals surface area contributed by atoms with Gasteiger partial charge in [-0.15, -0.1) is 16.4 Å². The van der Waals surface area contributed by atoms with E-state index in [1.807, 2.05) is 39.0 Å². The van der Waals surface area contributed by atoms with Crippen LogP contribution in [0.4, 0.5) is 0 Å². The Morgan fingerprint density at radius 2 is 2.14 bits per heavy atom. The number of fused-ring (bicyclic) bond motifs is 1. The zero-order valence-electron chi connectivity index (χ0n) is 16.2. The molecule has 0 saturated heterocycles. The number of aryl methyl sites for hydroxylation is 3. The molecule has 0 bridgehead atoms. The van der Waals surface area contributed by atoms with Crippen molar-refractivity contribution in [1.82, 2.24) is 10.2 Å². The molecule has 6 nitrogen and oxygen atoms in total. The Balaban J connectivity index is 1.67. The number of hydrogen-bond acceptors (Lipinski definition) is 6. The number of thiophene rings is 1. The van der Waals surface area contributed by atoms with Crippen molar-refractivity contribution < 1.29 is 9.47 Å². The first-order valence-corrected chi connectivity index (χ1v) is 10.2. The summed E-state index contributed by atoms with van der Waals surface area (Å²) in [5.41, 5.74) is 10.1. The highest BCUT2D eigenvalue weighted by molar-refractivity contribution is 7.12. The van der Waals surface area contributed by atoms with Crippen molar-refractivity contribution in [3.8, 4) is 17.7 Å². The molecule has 0 fully saturated rings. The molecule has 0 saturated carbocycles. The molecule has 1 unspecified atom stereocenters. The average Bonchev–Trinajstić information content (AvgIpc) is 3.22. The van der Waals surface area contributed by atoms with E-state index in [4.69, 9.17) is 26.8 Å². The lowest BCUT2D eigenvalue weighted by Gasteiger charge is -2.22. The highest BCUT2D eigenvalue weighted by atomic mass is 35.5. The molecule has 148 valence electrons. The van der Waals surface area contributed by atoms with E-state index < -0.39 is 0 Å². The molecule has 3 aromatic rings. The molecular weight excluding hydrogens is 408 g/mol. The molecule has 3 N–H and O–H groups in total. The summed E-state index contributed by atoms with van der Waals surface area (Å²) in [6.07, 6.45) is 0.